The van der Waals surface area contributed by atoms with E-state index in [9.17, 15) is 19.5 Å². The molecule has 3 aromatic rings. The molecule has 0 fully saturated rings. The smallest absolute Gasteiger partial charge is 0.419 e. The standard InChI is InChI=1S/C19H18N2O5/c1-21-15-8-7-14(11-16(15)26-19(21)25)20-17(22)10-13(18(23)24)9-12-5-3-2-4-6-12/h2-8,11,13H,9-10H2,1H3,(H,20,22)(H,23,24). The molecular weight excluding hydrogens is 336 g/mol. The molecule has 0 saturated carbocycles. The number of aliphatic carboxylic acids is 1. The van der Waals surface area contributed by atoms with Crippen LogP contribution in [0.15, 0.2) is 57.7 Å². The van der Waals surface area contributed by atoms with Gasteiger partial charge in [0, 0.05) is 25.2 Å². The fraction of sp³-hybridized carbons (Fsp3) is 0.211. The van der Waals surface area contributed by atoms with Gasteiger partial charge in [-0.05, 0) is 24.1 Å². The van der Waals surface area contributed by atoms with Crippen molar-refractivity contribution in [2.75, 3.05) is 5.32 Å². The van der Waals surface area contributed by atoms with Gasteiger partial charge in [-0.15, -0.1) is 0 Å². The molecule has 7 nitrogen and oxygen atoms in total. The molecular formula is C19H18N2O5. The Morgan fingerprint density at radius 3 is 2.62 bits per heavy atom. The van der Waals surface area contributed by atoms with Gasteiger partial charge in [0.05, 0.1) is 11.4 Å². The molecule has 0 bridgehead atoms. The second-order valence-corrected chi connectivity index (χ2v) is 6.09. The van der Waals surface area contributed by atoms with Crippen LogP contribution >= 0.6 is 0 Å². The lowest BCUT2D eigenvalue weighted by Crippen LogP contribution is -2.24. The number of hydrogen-bond donors (Lipinski definition) is 2. The summed E-state index contributed by atoms with van der Waals surface area (Å²) in [5.41, 5.74) is 2.27. The SMILES string of the molecule is Cn1c(=O)oc2cc(NC(=O)CC(Cc3ccccc3)C(=O)O)ccc21. The molecule has 0 aliphatic rings. The second-order valence-electron chi connectivity index (χ2n) is 6.09. The number of carbonyl (C=O) groups excluding carboxylic acids is 1. The largest absolute Gasteiger partial charge is 0.481 e. The number of carbonyl (C=O) groups is 2. The zero-order valence-corrected chi connectivity index (χ0v) is 14.1. The van der Waals surface area contributed by atoms with Gasteiger partial charge in [-0.25, -0.2) is 4.79 Å². The van der Waals surface area contributed by atoms with Crippen LogP contribution in [-0.4, -0.2) is 21.6 Å². The van der Waals surface area contributed by atoms with Crippen LogP contribution in [0.1, 0.15) is 12.0 Å². The highest BCUT2D eigenvalue weighted by molar-refractivity contribution is 5.94. The number of carboxylic acid groups (broad SMARTS) is 1. The van der Waals surface area contributed by atoms with E-state index >= 15 is 0 Å². The maximum absolute atomic E-state index is 12.3. The molecule has 0 aliphatic carbocycles. The summed E-state index contributed by atoms with van der Waals surface area (Å²) in [7, 11) is 1.59. The molecule has 1 amide bonds. The van der Waals surface area contributed by atoms with Gasteiger partial charge in [0.15, 0.2) is 5.58 Å². The molecule has 0 radical (unpaired) electrons. The van der Waals surface area contributed by atoms with Crippen LogP contribution < -0.4 is 11.1 Å². The Labute approximate surface area is 148 Å². The Bertz CT molecular complexity index is 1000. The lowest BCUT2D eigenvalue weighted by atomic mass is 9.96. The van der Waals surface area contributed by atoms with E-state index < -0.39 is 23.6 Å². The number of aromatic nitrogens is 1. The molecule has 3 rings (SSSR count). The average molecular weight is 354 g/mol. The third-order valence-electron chi connectivity index (χ3n) is 4.18. The molecule has 2 aromatic carbocycles. The Kier molecular flexibility index (Phi) is 4.88. The third kappa shape index (κ3) is 3.83. The van der Waals surface area contributed by atoms with Crippen LogP contribution in [-0.2, 0) is 23.1 Å². The summed E-state index contributed by atoms with van der Waals surface area (Å²) in [6, 6.07) is 14.0. The highest BCUT2D eigenvalue weighted by atomic mass is 16.4. The molecule has 0 saturated heterocycles. The van der Waals surface area contributed by atoms with Crippen molar-refractivity contribution in [2.45, 2.75) is 12.8 Å². The molecule has 7 heteroatoms. The molecule has 26 heavy (non-hydrogen) atoms. The van der Waals surface area contributed by atoms with E-state index in [1.165, 1.54) is 4.57 Å². The fourth-order valence-corrected chi connectivity index (χ4v) is 2.79. The number of nitrogens with zero attached hydrogens (tertiary/aromatic N) is 1. The molecule has 0 aliphatic heterocycles. The van der Waals surface area contributed by atoms with Crippen molar-refractivity contribution in [2.24, 2.45) is 13.0 Å². The maximum Gasteiger partial charge on any atom is 0.419 e. The van der Waals surface area contributed by atoms with E-state index in [1.54, 1.807) is 25.2 Å². The van der Waals surface area contributed by atoms with Crippen molar-refractivity contribution in [1.29, 1.82) is 0 Å². The predicted molar refractivity (Wildman–Crippen MR) is 96.0 cm³/mol. The predicted octanol–water partition coefficient (Wildman–Crippen LogP) is 2.40. The Balaban J connectivity index is 1.70. The fourth-order valence-electron chi connectivity index (χ4n) is 2.79. The second kappa shape index (κ2) is 7.26. The van der Waals surface area contributed by atoms with Crippen molar-refractivity contribution in [3.05, 3.63) is 64.6 Å². The van der Waals surface area contributed by atoms with E-state index in [2.05, 4.69) is 5.32 Å². The van der Waals surface area contributed by atoms with Crippen LogP contribution in [0.5, 0.6) is 0 Å². The van der Waals surface area contributed by atoms with Gasteiger partial charge in [-0.2, -0.15) is 0 Å². The van der Waals surface area contributed by atoms with E-state index in [4.69, 9.17) is 4.42 Å². The van der Waals surface area contributed by atoms with Gasteiger partial charge < -0.3 is 14.8 Å². The molecule has 134 valence electrons. The van der Waals surface area contributed by atoms with Crippen LogP contribution in [0.4, 0.5) is 5.69 Å². The number of nitrogens with one attached hydrogen (secondary N) is 1. The van der Waals surface area contributed by atoms with Crippen LogP contribution in [0.25, 0.3) is 11.1 Å². The Hall–Kier alpha value is -3.35. The van der Waals surface area contributed by atoms with Crippen molar-refractivity contribution < 1.29 is 19.1 Å². The van der Waals surface area contributed by atoms with Crippen molar-refractivity contribution in [1.82, 2.24) is 4.57 Å². The van der Waals surface area contributed by atoms with E-state index in [0.29, 0.717) is 16.8 Å². The number of fused-ring (bicyclic) bond motifs is 1. The number of amides is 1. The van der Waals surface area contributed by atoms with Gasteiger partial charge in [0.25, 0.3) is 0 Å². The average Bonchev–Trinajstić information content (AvgIpc) is 2.89. The first kappa shape index (κ1) is 17.5. The van der Waals surface area contributed by atoms with Gasteiger partial charge in [0.2, 0.25) is 5.91 Å². The quantitative estimate of drug-likeness (QED) is 0.708. The van der Waals surface area contributed by atoms with Crippen molar-refractivity contribution >= 4 is 28.7 Å². The third-order valence-corrected chi connectivity index (χ3v) is 4.18. The summed E-state index contributed by atoms with van der Waals surface area (Å²) in [5, 5.41) is 12.1. The number of aryl methyl sites for hydroxylation is 1. The van der Waals surface area contributed by atoms with Crippen molar-refractivity contribution in [3.8, 4) is 0 Å². The maximum atomic E-state index is 12.3. The summed E-state index contributed by atoms with van der Waals surface area (Å²) < 4.78 is 6.44. The molecule has 0 spiro atoms. The highest BCUT2D eigenvalue weighted by Crippen LogP contribution is 2.19. The zero-order valence-electron chi connectivity index (χ0n) is 14.1. The molecule has 2 N–H and O–H groups in total. The topological polar surface area (TPSA) is 102 Å². The molecule has 1 atom stereocenters. The van der Waals surface area contributed by atoms with Gasteiger partial charge in [-0.1, -0.05) is 30.3 Å². The van der Waals surface area contributed by atoms with Crippen LogP contribution in [0, 0.1) is 5.92 Å². The van der Waals surface area contributed by atoms with Gasteiger partial charge >= 0.3 is 11.7 Å². The van der Waals surface area contributed by atoms with Crippen molar-refractivity contribution in [3.63, 3.8) is 0 Å². The monoisotopic (exact) mass is 354 g/mol. The summed E-state index contributed by atoms with van der Waals surface area (Å²) in [6.07, 6.45) is 0.122. The van der Waals surface area contributed by atoms with Gasteiger partial charge in [0.1, 0.15) is 0 Å². The van der Waals surface area contributed by atoms with E-state index in [1.807, 2.05) is 30.3 Å². The van der Waals surface area contributed by atoms with Crippen LogP contribution in [0.2, 0.25) is 0 Å². The molecule has 1 aromatic heterocycles. The van der Waals surface area contributed by atoms with Gasteiger partial charge in [-0.3, -0.25) is 14.2 Å². The van der Waals surface area contributed by atoms with E-state index in [0.717, 1.165) is 5.56 Å². The minimum Gasteiger partial charge on any atom is -0.481 e. The first-order valence-electron chi connectivity index (χ1n) is 8.10. The number of oxazole rings is 1. The molecule has 1 unspecified atom stereocenters. The number of benzene rings is 2. The number of carboxylic acids is 1. The minimum absolute atomic E-state index is 0.152. The summed E-state index contributed by atoms with van der Waals surface area (Å²) in [6.45, 7) is 0. The first-order valence-corrected chi connectivity index (χ1v) is 8.10. The summed E-state index contributed by atoms with van der Waals surface area (Å²) in [5.74, 6) is -2.74. The number of hydrogen-bond acceptors (Lipinski definition) is 4. The first-order chi connectivity index (χ1) is 12.4. The summed E-state index contributed by atoms with van der Waals surface area (Å²) >= 11 is 0. The highest BCUT2D eigenvalue weighted by Gasteiger charge is 2.22. The summed E-state index contributed by atoms with van der Waals surface area (Å²) in [4.78, 5) is 35.2. The minimum atomic E-state index is -1.02. The lowest BCUT2D eigenvalue weighted by molar-refractivity contribution is -0.143. The van der Waals surface area contributed by atoms with E-state index in [-0.39, 0.29) is 12.8 Å². The van der Waals surface area contributed by atoms with Crippen LogP contribution in [0.3, 0.4) is 0 Å². The number of anilines is 1. The Morgan fingerprint density at radius 2 is 1.92 bits per heavy atom. The lowest BCUT2D eigenvalue weighted by Gasteiger charge is -2.12. The molecule has 1 heterocycles. The normalized spacial score (nSPS) is 12.0. The Morgan fingerprint density at radius 1 is 1.19 bits per heavy atom. The zero-order chi connectivity index (χ0) is 18.7. The number of rotatable bonds is 6.